The van der Waals surface area contributed by atoms with E-state index < -0.39 is 15.1 Å². The summed E-state index contributed by atoms with van der Waals surface area (Å²) in [4.78, 5) is 3.92. The molecule has 0 aliphatic carbocycles. The minimum atomic E-state index is -4.47. The van der Waals surface area contributed by atoms with Gasteiger partial charge in [-0.25, -0.2) is 0 Å². The molecule has 0 saturated heterocycles. The third-order valence-electron chi connectivity index (χ3n) is 2.90. The summed E-state index contributed by atoms with van der Waals surface area (Å²) < 4.78 is 37.9. The third kappa shape index (κ3) is 2.72. The normalized spacial score (nSPS) is 11.5. The van der Waals surface area contributed by atoms with Crippen LogP contribution in [0, 0.1) is 0 Å². The van der Waals surface area contributed by atoms with E-state index in [-0.39, 0.29) is 11.7 Å². The van der Waals surface area contributed by atoms with Crippen molar-refractivity contribution in [3.05, 3.63) is 60.7 Å². The first kappa shape index (κ1) is 13.5. The minimum absolute atomic E-state index is 0.0250. The molecule has 0 bridgehead atoms. The molecule has 1 aromatic heterocycles. The van der Waals surface area contributed by atoms with Gasteiger partial charge in [-0.3, -0.25) is 4.55 Å². The predicted octanol–water partition coefficient (Wildman–Crippen LogP) is 3.26. The van der Waals surface area contributed by atoms with Crippen LogP contribution in [0.4, 0.5) is 0 Å². The number of aromatic nitrogens is 1. The number of hydrogen-bond donors (Lipinski definition) is 1. The van der Waals surface area contributed by atoms with Crippen molar-refractivity contribution in [2.45, 2.75) is 5.03 Å². The number of oxazole rings is 1. The van der Waals surface area contributed by atoms with E-state index in [0.29, 0.717) is 11.1 Å². The third-order valence-corrected chi connectivity index (χ3v) is 3.66. The highest BCUT2D eigenvalue weighted by atomic mass is 32.2. The molecule has 106 valence electrons. The predicted molar refractivity (Wildman–Crippen MR) is 77.2 cm³/mol. The van der Waals surface area contributed by atoms with E-state index in [9.17, 15) is 13.0 Å². The fraction of sp³-hybridized carbons (Fsp3) is 0. The lowest BCUT2D eigenvalue weighted by molar-refractivity contribution is 0.479. The van der Waals surface area contributed by atoms with Gasteiger partial charge in [0.25, 0.3) is 0 Å². The quantitative estimate of drug-likeness (QED) is 0.751. The van der Waals surface area contributed by atoms with Gasteiger partial charge in [-0.05, 0) is 12.1 Å². The van der Waals surface area contributed by atoms with E-state index in [1.54, 1.807) is 54.6 Å². The Bertz CT molecular complexity index is 855. The second-order valence-corrected chi connectivity index (χ2v) is 5.70. The molecule has 0 aliphatic rings. The molecule has 1 heterocycles. The van der Waals surface area contributed by atoms with E-state index in [1.807, 2.05) is 6.07 Å². The van der Waals surface area contributed by atoms with Crippen LogP contribution >= 0.6 is 0 Å². The van der Waals surface area contributed by atoms with Crippen LogP contribution in [0.3, 0.4) is 0 Å². The van der Waals surface area contributed by atoms with Gasteiger partial charge < -0.3 is 4.42 Å². The smallest absolute Gasteiger partial charge is 0.316 e. The highest BCUT2D eigenvalue weighted by Crippen LogP contribution is 2.32. The summed E-state index contributed by atoms with van der Waals surface area (Å²) in [6, 6.07) is 17.5. The monoisotopic (exact) mass is 301 g/mol. The molecule has 0 aliphatic heterocycles. The summed E-state index contributed by atoms with van der Waals surface area (Å²) in [7, 11) is -4.47. The molecule has 0 radical (unpaired) electrons. The summed E-state index contributed by atoms with van der Waals surface area (Å²) >= 11 is 0. The van der Waals surface area contributed by atoms with E-state index in [0.717, 1.165) is 0 Å². The van der Waals surface area contributed by atoms with Gasteiger partial charge in [-0.2, -0.15) is 13.4 Å². The Kier molecular flexibility index (Phi) is 3.32. The molecule has 0 amide bonds. The van der Waals surface area contributed by atoms with Gasteiger partial charge in [0.2, 0.25) is 10.9 Å². The Balaban J connectivity index is 2.22. The van der Waals surface area contributed by atoms with Gasteiger partial charge in [0.05, 0.1) is 0 Å². The molecule has 5 nitrogen and oxygen atoms in total. The van der Waals surface area contributed by atoms with Crippen molar-refractivity contribution in [3.63, 3.8) is 0 Å². The summed E-state index contributed by atoms with van der Waals surface area (Å²) in [5, 5.41) is -0.479. The molecule has 0 saturated carbocycles. The van der Waals surface area contributed by atoms with Crippen LogP contribution in [-0.4, -0.2) is 18.0 Å². The Morgan fingerprint density at radius 2 is 1.38 bits per heavy atom. The van der Waals surface area contributed by atoms with Crippen molar-refractivity contribution in [1.29, 1.82) is 0 Å². The molecule has 2 aromatic carbocycles. The average molecular weight is 301 g/mol. The van der Waals surface area contributed by atoms with Gasteiger partial charge in [0.15, 0.2) is 5.76 Å². The molecule has 6 heteroatoms. The van der Waals surface area contributed by atoms with Crippen molar-refractivity contribution >= 4 is 10.1 Å². The highest BCUT2D eigenvalue weighted by molar-refractivity contribution is 7.85. The Morgan fingerprint density at radius 1 is 0.857 bits per heavy atom. The van der Waals surface area contributed by atoms with Crippen LogP contribution in [0.15, 0.2) is 70.1 Å². The number of nitrogens with zero attached hydrogens (tertiary/aromatic N) is 1. The zero-order valence-electron chi connectivity index (χ0n) is 10.8. The van der Waals surface area contributed by atoms with E-state index in [1.165, 1.54) is 0 Å². The van der Waals surface area contributed by atoms with Crippen LogP contribution in [0.25, 0.3) is 22.8 Å². The van der Waals surface area contributed by atoms with E-state index in [2.05, 4.69) is 4.98 Å². The van der Waals surface area contributed by atoms with Crippen molar-refractivity contribution < 1.29 is 17.4 Å². The first-order valence-corrected chi connectivity index (χ1v) is 7.59. The maximum atomic E-state index is 11.5. The molecule has 0 unspecified atom stereocenters. The molecule has 3 rings (SSSR count). The maximum Gasteiger partial charge on any atom is 0.316 e. The molecule has 1 N–H and O–H groups in total. The zero-order chi connectivity index (χ0) is 14.9. The van der Waals surface area contributed by atoms with Crippen molar-refractivity contribution in [2.75, 3.05) is 0 Å². The summed E-state index contributed by atoms with van der Waals surface area (Å²) in [5.74, 6) is 0.166. The molecule has 21 heavy (non-hydrogen) atoms. The second-order valence-electron chi connectivity index (χ2n) is 4.36. The largest absolute Gasteiger partial charge is 0.435 e. The van der Waals surface area contributed by atoms with Crippen LogP contribution in [0.1, 0.15) is 0 Å². The average Bonchev–Trinajstić information content (AvgIpc) is 2.94. The van der Waals surface area contributed by atoms with Crippen LogP contribution in [-0.2, 0) is 10.1 Å². The fourth-order valence-electron chi connectivity index (χ4n) is 1.96. The molecular formula is C15H11NO4S. The van der Waals surface area contributed by atoms with E-state index >= 15 is 0 Å². The lowest BCUT2D eigenvalue weighted by Gasteiger charge is -1.97. The fourth-order valence-corrected chi connectivity index (χ4v) is 2.55. The van der Waals surface area contributed by atoms with Crippen molar-refractivity contribution in [3.8, 4) is 22.8 Å². The van der Waals surface area contributed by atoms with E-state index in [4.69, 9.17) is 4.42 Å². The Morgan fingerprint density at radius 3 is 1.90 bits per heavy atom. The lowest BCUT2D eigenvalue weighted by Crippen LogP contribution is -2.00. The highest BCUT2D eigenvalue weighted by Gasteiger charge is 2.25. The summed E-state index contributed by atoms with van der Waals surface area (Å²) in [6.07, 6.45) is 0. The summed E-state index contributed by atoms with van der Waals surface area (Å²) in [5.41, 5.74) is 1.16. The van der Waals surface area contributed by atoms with Gasteiger partial charge in [0, 0.05) is 11.1 Å². The van der Waals surface area contributed by atoms with Gasteiger partial charge >= 0.3 is 10.1 Å². The molecule has 0 fully saturated rings. The van der Waals surface area contributed by atoms with Crippen LogP contribution < -0.4 is 0 Å². The van der Waals surface area contributed by atoms with Gasteiger partial charge in [-0.1, -0.05) is 48.5 Å². The summed E-state index contributed by atoms with van der Waals surface area (Å²) in [6.45, 7) is 0. The zero-order valence-corrected chi connectivity index (χ0v) is 11.6. The van der Waals surface area contributed by atoms with Gasteiger partial charge in [0.1, 0.15) is 0 Å². The number of hydrogen-bond acceptors (Lipinski definition) is 4. The first-order chi connectivity index (χ1) is 10.1. The maximum absolute atomic E-state index is 11.5. The Hall–Kier alpha value is -2.44. The molecule has 0 atom stereocenters. The standard InChI is InChI=1S/C15H11NO4S/c17-21(18,19)15-13(11-7-3-1-4-8-11)20-14(16-15)12-9-5-2-6-10-12/h1-10H,(H,17,18,19). The van der Waals surface area contributed by atoms with Gasteiger partial charge in [-0.15, -0.1) is 0 Å². The van der Waals surface area contributed by atoms with Crippen LogP contribution in [0.2, 0.25) is 0 Å². The molecule has 3 aromatic rings. The van der Waals surface area contributed by atoms with Crippen molar-refractivity contribution in [2.24, 2.45) is 0 Å². The van der Waals surface area contributed by atoms with Crippen molar-refractivity contribution in [1.82, 2.24) is 4.98 Å². The Labute approximate surface area is 121 Å². The second kappa shape index (κ2) is 5.16. The number of rotatable bonds is 3. The lowest BCUT2D eigenvalue weighted by atomic mass is 10.2. The topological polar surface area (TPSA) is 80.4 Å². The number of benzene rings is 2. The molecule has 0 spiro atoms. The first-order valence-electron chi connectivity index (χ1n) is 6.15. The minimum Gasteiger partial charge on any atom is -0.435 e. The SMILES string of the molecule is O=S(=O)(O)c1nc(-c2ccccc2)oc1-c1ccccc1. The van der Waals surface area contributed by atoms with Crippen LogP contribution in [0.5, 0.6) is 0 Å². The molecular weight excluding hydrogens is 290 g/mol.